The van der Waals surface area contributed by atoms with Crippen molar-refractivity contribution in [1.29, 1.82) is 0 Å². The van der Waals surface area contributed by atoms with E-state index < -0.39 is 6.10 Å². The van der Waals surface area contributed by atoms with Gasteiger partial charge in [0.2, 0.25) is 0 Å². The van der Waals surface area contributed by atoms with Crippen LogP contribution in [0.15, 0.2) is 30.3 Å². The minimum absolute atomic E-state index is 0.188. The molecule has 0 aliphatic heterocycles. The van der Waals surface area contributed by atoms with Crippen molar-refractivity contribution >= 4 is 11.6 Å². The van der Waals surface area contributed by atoms with Crippen LogP contribution in [-0.2, 0) is 6.42 Å². The number of hydrogen-bond acceptors (Lipinski definition) is 2. The Balaban J connectivity index is 2.50. The topological polar surface area (TPSA) is 46.2 Å². The third-order valence-corrected chi connectivity index (χ3v) is 2.28. The average molecular weight is 200 g/mol. The van der Waals surface area contributed by atoms with Gasteiger partial charge in [0.25, 0.3) is 0 Å². The van der Waals surface area contributed by atoms with Crippen molar-refractivity contribution in [3.8, 4) is 0 Å². The van der Waals surface area contributed by atoms with Gasteiger partial charge < -0.3 is 10.8 Å². The van der Waals surface area contributed by atoms with E-state index >= 15 is 0 Å². The van der Waals surface area contributed by atoms with Crippen LogP contribution in [0.1, 0.15) is 5.56 Å². The molecule has 0 bridgehead atoms. The van der Waals surface area contributed by atoms with E-state index in [9.17, 15) is 5.11 Å². The van der Waals surface area contributed by atoms with E-state index in [1.807, 2.05) is 30.3 Å². The van der Waals surface area contributed by atoms with E-state index in [0.717, 1.165) is 5.56 Å². The van der Waals surface area contributed by atoms with Crippen LogP contribution in [0, 0.1) is 0 Å². The Bertz CT molecular complexity index is 240. The molecular weight excluding hydrogens is 186 g/mol. The Labute approximate surface area is 83.3 Å². The summed E-state index contributed by atoms with van der Waals surface area (Å²) >= 11 is 5.48. The quantitative estimate of drug-likeness (QED) is 0.715. The summed E-state index contributed by atoms with van der Waals surface area (Å²) in [6.07, 6.45) is 0.0382. The summed E-state index contributed by atoms with van der Waals surface area (Å²) < 4.78 is 0. The van der Waals surface area contributed by atoms with Gasteiger partial charge in [-0.15, -0.1) is 11.6 Å². The first-order valence-electron chi connectivity index (χ1n) is 4.27. The molecule has 1 rings (SSSR count). The zero-order valence-electron chi connectivity index (χ0n) is 7.36. The van der Waals surface area contributed by atoms with Gasteiger partial charge in [0.15, 0.2) is 0 Å². The summed E-state index contributed by atoms with van der Waals surface area (Å²) in [5.74, 6) is 0.188. The van der Waals surface area contributed by atoms with Crippen LogP contribution in [0.2, 0.25) is 0 Å². The van der Waals surface area contributed by atoms with E-state index in [2.05, 4.69) is 0 Å². The van der Waals surface area contributed by atoms with Crippen molar-refractivity contribution in [3.05, 3.63) is 35.9 Å². The Morgan fingerprint density at radius 1 is 1.31 bits per heavy atom. The molecule has 0 aliphatic carbocycles. The molecule has 2 nitrogen and oxygen atoms in total. The van der Waals surface area contributed by atoms with Gasteiger partial charge in [-0.2, -0.15) is 0 Å². The molecule has 0 fully saturated rings. The van der Waals surface area contributed by atoms with E-state index in [0.29, 0.717) is 6.42 Å². The lowest BCUT2D eigenvalue weighted by Gasteiger charge is -2.15. The van der Waals surface area contributed by atoms with Gasteiger partial charge in [0.1, 0.15) is 0 Å². The number of rotatable bonds is 4. The van der Waals surface area contributed by atoms with Crippen LogP contribution in [-0.4, -0.2) is 23.1 Å². The van der Waals surface area contributed by atoms with Gasteiger partial charge in [-0.25, -0.2) is 0 Å². The third-order valence-electron chi connectivity index (χ3n) is 1.97. The minimum atomic E-state index is -0.623. The van der Waals surface area contributed by atoms with Crippen molar-refractivity contribution < 1.29 is 5.11 Å². The van der Waals surface area contributed by atoms with Crippen molar-refractivity contribution in [2.45, 2.75) is 18.6 Å². The molecule has 0 amide bonds. The maximum Gasteiger partial charge on any atom is 0.0829 e. The van der Waals surface area contributed by atoms with Gasteiger partial charge in [0.05, 0.1) is 6.10 Å². The maximum absolute atomic E-state index is 9.33. The van der Waals surface area contributed by atoms with Gasteiger partial charge in [-0.05, 0) is 12.0 Å². The predicted octanol–water partition coefficient (Wildman–Crippen LogP) is 1.16. The second-order valence-electron chi connectivity index (χ2n) is 3.08. The summed E-state index contributed by atoms with van der Waals surface area (Å²) in [5.41, 5.74) is 6.85. The maximum atomic E-state index is 9.33. The first-order chi connectivity index (χ1) is 6.24. The predicted molar refractivity (Wildman–Crippen MR) is 54.8 cm³/mol. The molecule has 2 atom stereocenters. The fraction of sp³-hybridized carbons (Fsp3) is 0.400. The number of aliphatic hydroxyl groups excluding tert-OH is 1. The summed E-state index contributed by atoms with van der Waals surface area (Å²) in [7, 11) is 0. The summed E-state index contributed by atoms with van der Waals surface area (Å²) in [6, 6.07) is 9.55. The largest absolute Gasteiger partial charge is 0.390 e. The third kappa shape index (κ3) is 3.35. The highest BCUT2D eigenvalue weighted by Crippen LogP contribution is 2.05. The Morgan fingerprint density at radius 3 is 2.46 bits per heavy atom. The van der Waals surface area contributed by atoms with Crippen LogP contribution < -0.4 is 5.73 Å². The zero-order chi connectivity index (χ0) is 9.68. The van der Waals surface area contributed by atoms with E-state index in [4.69, 9.17) is 17.3 Å². The van der Waals surface area contributed by atoms with Gasteiger partial charge in [-0.3, -0.25) is 0 Å². The summed E-state index contributed by atoms with van der Waals surface area (Å²) in [4.78, 5) is 0. The number of benzene rings is 1. The minimum Gasteiger partial charge on any atom is -0.390 e. The highest BCUT2D eigenvalue weighted by Gasteiger charge is 2.13. The fourth-order valence-corrected chi connectivity index (χ4v) is 1.37. The van der Waals surface area contributed by atoms with E-state index in [-0.39, 0.29) is 11.9 Å². The van der Waals surface area contributed by atoms with Gasteiger partial charge in [0, 0.05) is 11.9 Å². The van der Waals surface area contributed by atoms with Crippen molar-refractivity contribution in [3.63, 3.8) is 0 Å². The lowest BCUT2D eigenvalue weighted by atomic mass is 10.0. The molecule has 3 heteroatoms. The standard InChI is InChI=1S/C10H14ClNO/c11-7-10(13)9(12)6-8-4-2-1-3-5-8/h1-5,9-10,13H,6-7,12H2/t9-,10+/m0/s1. The molecular formula is C10H14ClNO. The highest BCUT2D eigenvalue weighted by molar-refractivity contribution is 6.18. The van der Waals surface area contributed by atoms with Crippen LogP contribution in [0.4, 0.5) is 0 Å². The molecule has 0 saturated carbocycles. The summed E-state index contributed by atoms with van der Waals surface area (Å²) in [6.45, 7) is 0. The molecule has 3 N–H and O–H groups in total. The second-order valence-corrected chi connectivity index (χ2v) is 3.38. The number of aliphatic hydroxyl groups is 1. The van der Waals surface area contributed by atoms with Crippen LogP contribution >= 0.6 is 11.6 Å². The molecule has 13 heavy (non-hydrogen) atoms. The lowest BCUT2D eigenvalue weighted by molar-refractivity contribution is 0.166. The summed E-state index contributed by atoms with van der Waals surface area (Å²) in [5, 5.41) is 9.33. The number of hydrogen-bond donors (Lipinski definition) is 2. The van der Waals surface area contributed by atoms with Crippen LogP contribution in [0.5, 0.6) is 0 Å². The zero-order valence-corrected chi connectivity index (χ0v) is 8.11. The number of halogens is 1. The molecule has 0 aromatic heterocycles. The van der Waals surface area contributed by atoms with Crippen LogP contribution in [0.3, 0.4) is 0 Å². The van der Waals surface area contributed by atoms with Crippen molar-refractivity contribution in [1.82, 2.24) is 0 Å². The highest BCUT2D eigenvalue weighted by atomic mass is 35.5. The Kier molecular flexibility index (Phi) is 4.22. The molecule has 0 aliphatic rings. The monoisotopic (exact) mass is 199 g/mol. The molecule has 0 heterocycles. The SMILES string of the molecule is N[C@@H](Cc1ccccc1)[C@H](O)CCl. The fourth-order valence-electron chi connectivity index (χ4n) is 1.14. The van der Waals surface area contributed by atoms with E-state index in [1.165, 1.54) is 0 Å². The first kappa shape index (κ1) is 10.5. The number of nitrogens with two attached hydrogens (primary N) is 1. The van der Waals surface area contributed by atoms with Crippen LogP contribution in [0.25, 0.3) is 0 Å². The van der Waals surface area contributed by atoms with Gasteiger partial charge >= 0.3 is 0 Å². The van der Waals surface area contributed by atoms with Crippen molar-refractivity contribution in [2.75, 3.05) is 5.88 Å². The first-order valence-corrected chi connectivity index (χ1v) is 4.81. The van der Waals surface area contributed by atoms with Gasteiger partial charge in [-0.1, -0.05) is 30.3 Å². The molecule has 0 spiro atoms. The molecule has 0 radical (unpaired) electrons. The lowest BCUT2D eigenvalue weighted by Crippen LogP contribution is -2.37. The Hall–Kier alpha value is -0.570. The normalized spacial score (nSPS) is 15.3. The second kappa shape index (κ2) is 5.22. The number of alkyl halides is 1. The molecule has 1 aromatic carbocycles. The molecule has 0 unspecified atom stereocenters. The average Bonchev–Trinajstić information content (AvgIpc) is 2.18. The van der Waals surface area contributed by atoms with Crippen molar-refractivity contribution in [2.24, 2.45) is 5.73 Å². The smallest absolute Gasteiger partial charge is 0.0829 e. The molecule has 72 valence electrons. The molecule has 0 saturated heterocycles. The Morgan fingerprint density at radius 2 is 1.92 bits per heavy atom. The van der Waals surface area contributed by atoms with E-state index in [1.54, 1.807) is 0 Å². The molecule has 1 aromatic rings.